The maximum Gasteiger partial charge on any atom is 0.287 e. The smallest absolute Gasteiger partial charge is 0.287 e. The summed E-state index contributed by atoms with van der Waals surface area (Å²) in [5.41, 5.74) is 0.625. The SMILES string of the molecule is COC(CNC(=O)c1ccc(-c2cc(Cl)ccc2Cl)o1)OC. The standard InChI is InChI=1S/C15H15Cl2NO4/c1-20-14(21-2)8-18-15(19)13-6-5-12(22-13)10-7-9(16)3-4-11(10)17/h3-7,14H,8H2,1-2H3,(H,18,19). The number of carbonyl (C=O) groups is 1. The number of carbonyl (C=O) groups excluding carboxylic acids is 1. The quantitative estimate of drug-likeness (QED) is 0.814. The van der Waals surface area contributed by atoms with Crippen LogP contribution in [0.25, 0.3) is 11.3 Å². The van der Waals surface area contributed by atoms with E-state index in [0.29, 0.717) is 21.4 Å². The summed E-state index contributed by atoms with van der Waals surface area (Å²) >= 11 is 12.1. The predicted molar refractivity (Wildman–Crippen MR) is 84.3 cm³/mol. The zero-order valence-corrected chi connectivity index (χ0v) is 13.6. The van der Waals surface area contributed by atoms with Crippen molar-refractivity contribution in [2.75, 3.05) is 20.8 Å². The molecule has 7 heteroatoms. The van der Waals surface area contributed by atoms with Gasteiger partial charge in [0, 0.05) is 24.8 Å². The third kappa shape index (κ3) is 4.01. The summed E-state index contributed by atoms with van der Waals surface area (Å²) in [5.74, 6) is 0.258. The Kier molecular flexibility index (Phi) is 5.85. The van der Waals surface area contributed by atoms with Gasteiger partial charge in [-0.3, -0.25) is 4.79 Å². The van der Waals surface area contributed by atoms with E-state index in [0.717, 1.165) is 0 Å². The second kappa shape index (κ2) is 7.65. The monoisotopic (exact) mass is 343 g/mol. The zero-order chi connectivity index (χ0) is 16.1. The van der Waals surface area contributed by atoms with Crippen molar-refractivity contribution in [2.24, 2.45) is 0 Å². The zero-order valence-electron chi connectivity index (χ0n) is 12.1. The van der Waals surface area contributed by atoms with Crippen LogP contribution < -0.4 is 5.32 Å². The molecule has 0 aliphatic carbocycles. The molecule has 0 fully saturated rings. The topological polar surface area (TPSA) is 60.7 Å². The highest BCUT2D eigenvalue weighted by atomic mass is 35.5. The fraction of sp³-hybridized carbons (Fsp3) is 0.267. The van der Waals surface area contributed by atoms with E-state index < -0.39 is 6.29 Å². The molecule has 1 heterocycles. The Balaban J connectivity index is 2.11. The molecule has 1 N–H and O–H groups in total. The Morgan fingerprint density at radius 2 is 1.95 bits per heavy atom. The highest BCUT2D eigenvalue weighted by molar-refractivity contribution is 6.35. The summed E-state index contributed by atoms with van der Waals surface area (Å²) in [6.45, 7) is 0.208. The fourth-order valence-electron chi connectivity index (χ4n) is 1.82. The third-order valence-corrected chi connectivity index (χ3v) is 3.54. The van der Waals surface area contributed by atoms with E-state index in [4.69, 9.17) is 37.1 Å². The van der Waals surface area contributed by atoms with E-state index in [-0.39, 0.29) is 18.2 Å². The van der Waals surface area contributed by atoms with Gasteiger partial charge in [0.15, 0.2) is 12.1 Å². The molecule has 1 amide bonds. The van der Waals surface area contributed by atoms with E-state index >= 15 is 0 Å². The molecule has 118 valence electrons. The maximum absolute atomic E-state index is 12.0. The number of ether oxygens (including phenoxy) is 2. The van der Waals surface area contributed by atoms with E-state index in [2.05, 4.69) is 5.32 Å². The highest BCUT2D eigenvalue weighted by Gasteiger charge is 2.15. The second-order valence-corrected chi connectivity index (χ2v) is 5.24. The van der Waals surface area contributed by atoms with Crippen LogP contribution in [0.1, 0.15) is 10.6 Å². The largest absolute Gasteiger partial charge is 0.451 e. The highest BCUT2D eigenvalue weighted by Crippen LogP contribution is 2.31. The van der Waals surface area contributed by atoms with Crippen LogP contribution in [0.5, 0.6) is 0 Å². The predicted octanol–water partition coefficient (Wildman–Crippen LogP) is 3.60. The third-order valence-electron chi connectivity index (χ3n) is 2.98. The van der Waals surface area contributed by atoms with Gasteiger partial charge in [-0.15, -0.1) is 0 Å². The molecule has 0 bridgehead atoms. The van der Waals surface area contributed by atoms with Gasteiger partial charge < -0.3 is 19.2 Å². The average molecular weight is 344 g/mol. The van der Waals surface area contributed by atoms with Gasteiger partial charge in [0.2, 0.25) is 0 Å². The Labute approximate surface area is 138 Å². The van der Waals surface area contributed by atoms with Gasteiger partial charge >= 0.3 is 0 Å². The first-order valence-corrected chi connectivity index (χ1v) is 7.19. The molecule has 0 saturated carbocycles. The van der Waals surface area contributed by atoms with Crippen molar-refractivity contribution in [1.82, 2.24) is 5.32 Å². The molecule has 0 spiro atoms. The van der Waals surface area contributed by atoms with Crippen LogP contribution in [-0.2, 0) is 9.47 Å². The summed E-state index contributed by atoms with van der Waals surface area (Å²) in [7, 11) is 2.99. The van der Waals surface area contributed by atoms with Gasteiger partial charge in [-0.1, -0.05) is 23.2 Å². The van der Waals surface area contributed by atoms with Gasteiger partial charge in [-0.05, 0) is 30.3 Å². The van der Waals surface area contributed by atoms with Crippen LogP contribution in [-0.4, -0.2) is 33.0 Å². The summed E-state index contributed by atoms with van der Waals surface area (Å²) in [4.78, 5) is 12.0. The molecular formula is C15H15Cl2NO4. The molecule has 2 aromatic rings. The van der Waals surface area contributed by atoms with Crippen molar-refractivity contribution in [3.05, 3.63) is 46.1 Å². The Hall–Kier alpha value is -1.53. The molecule has 22 heavy (non-hydrogen) atoms. The first-order chi connectivity index (χ1) is 10.5. The van der Waals surface area contributed by atoms with Gasteiger partial charge in [0.1, 0.15) is 5.76 Å². The number of rotatable bonds is 6. The van der Waals surface area contributed by atoms with Gasteiger partial charge in [0.05, 0.1) is 11.6 Å². The van der Waals surface area contributed by atoms with Crippen molar-refractivity contribution in [2.45, 2.75) is 6.29 Å². The normalized spacial score (nSPS) is 11.0. The number of hydrogen-bond donors (Lipinski definition) is 1. The minimum absolute atomic E-state index is 0.164. The summed E-state index contributed by atoms with van der Waals surface area (Å²) in [6.07, 6.45) is -0.513. The maximum atomic E-state index is 12.0. The molecule has 2 rings (SSSR count). The van der Waals surface area contributed by atoms with E-state index in [1.807, 2.05) is 0 Å². The first-order valence-electron chi connectivity index (χ1n) is 6.44. The second-order valence-electron chi connectivity index (χ2n) is 4.40. The summed E-state index contributed by atoms with van der Waals surface area (Å²) < 4.78 is 15.5. The number of hydrogen-bond acceptors (Lipinski definition) is 4. The van der Waals surface area contributed by atoms with Crippen LogP contribution in [0.3, 0.4) is 0 Å². The summed E-state index contributed by atoms with van der Waals surface area (Å²) in [5, 5.41) is 3.67. The lowest BCUT2D eigenvalue weighted by molar-refractivity contribution is -0.0975. The van der Waals surface area contributed by atoms with Crippen molar-refractivity contribution in [3.63, 3.8) is 0 Å². The minimum atomic E-state index is -0.513. The lowest BCUT2D eigenvalue weighted by atomic mass is 10.2. The van der Waals surface area contributed by atoms with E-state index in [1.54, 1.807) is 30.3 Å². The van der Waals surface area contributed by atoms with Crippen molar-refractivity contribution >= 4 is 29.1 Å². The van der Waals surface area contributed by atoms with E-state index in [1.165, 1.54) is 14.2 Å². The first kappa shape index (κ1) is 16.8. The fourth-order valence-corrected chi connectivity index (χ4v) is 2.20. The van der Waals surface area contributed by atoms with Gasteiger partial charge in [0.25, 0.3) is 5.91 Å². The molecule has 1 aromatic heterocycles. The molecular weight excluding hydrogens is 329 g/mol. The number of benzene rings is 1. The number of furan rings is 1. The van der Waals surface area contributed by atoms with Crippen LogP contribution >= 0.6 is 23.2 Å². The Morgan fingerprint density at radius 1 is 1.23 bits per heavy atom. The number of methoxy groups -OCH3 is 2. The van der Waals surface area contributed by atoms with Gasteiger partial charge in [-0.2, -0.15) is 0 Å². The molecule has 1 aromatic carbocycles. The number of nitrogens with one attached hydrogen (secondary N) is 1. The molecule has 5 nitrogen and oxygen atoms in total. The van der Waals surface area contributed by atoms with Crippen LogP contribution in [0.15, 0.2) is 34.7 Å². The Bertz CT molecular complexity index is 653. The number of amides is 1. The van der Waals surface area contributed by atoms with Crippen molar-refractivity contribution in [1.29, 1.82) is 0 Å². The van der Waals surface area contributed by atoms with Crippen LogP contribution in [0, 0.1) is 0 Å². The lowest BCUT2D eigenvalue weighted by Crippen LogP contribution is -2.33. The molecule has 0 radical (unpaired) electrons. The van der Waals surface area contributed by atoms with E-state index in [9.17, 15) is 4.79 Å². The molecule has 0 saturated heterocycles. The number of halogens is 2. The van der Waals surface area contributed by atoms with Crippen LogP contribution in [0.2, 0.25) is 10.0 Å². The molecule has 0 aliphatic rings. The van der Waals surface area contributed by atoms with Crippen molar-refractivity contribution < 1.29 is 18.7 Å². The van der Waals surface area contributed by atoms with Crippen molar-refractivity contribution in [3.8, 4) is 11.3 Å². The summed E-state index contributed by atoms with van der Waals surface area (Å²) in [6, 6.07) is 8.26. The molecule has 0 unspecified atom stereocenters. The Morgan fingerprint density at radius 3 is 2.64 bits per heavy atom. The van der Waals surface area contributed by atoms with Crippen LogP contribution in [0.4, 0.5) is 0 Å². The molecule has 0 atom stereocenters. The molecule has 0 aliphatic heterocycles. The van der Waals surface area contributed by atoms with Gasteiger partial charge in [-0.25, -0.2) is 0 Å². The average Bonchev–Trinajstić information content (AvgIpc) is 3.00. The lowest BCUT2D eigenvalue weighted by Gasteiger charge is -2.13. The minimum Gasteiger partial charge on any atom is -0.451 e.